The van der Waals surface area contributed by atoms with Crippen molar-refractivity contribution in [2.24, 2.45) is 5.84 Å². The second-order valence-electron chi connectivity index (χ2n) is 6.44. The number of aromatic hydroxyl groups is 2. The monoisotopic (exact) mass is 404 g/mol. The molecule has 0 unspecified atom stereocenters. The Bertz CT molecular complexity index is 1190. The lowest BCUT2D eigenvalue weighted by Gasteiger charge is -2.14. The molecule has 0 saturated heterocycles. The van der Waals surface area contributed by atoms with E-state index in [-0.39, 0.29) is 22.8 Å². The van der Waals surface area contributed by atoms with Crippen LogP contribution in [0.15, 0.2) is 82.2 Å². The van der Waals surface area contributed by atoms with Gasteiger partial charge in [0.2, 0.25) is 5.76 Å². The van der Waals surface area contributed by atoms with Crippen molar-refractivity contribution < 1.29 is 28.6 Å². The van der Waals surface area contributed by atoms with Crippen molar-refractivity contribution in [1.29, 1.82) is 0 Å². The number of amides is 2. The van der Waals surface area contributed by atoms with Gasteiger partial charge < -0.3 is 19.0 Å². The molecule has 0 aliphatic carbocycles. The SMILES string of the molecule is NN(C(=O)c1ccoc1)C(=O)c1occ(-c2ccc(O)cc2)c1-c1ccc(O)cc1. The fourth-order valence-corrected chi connectivity index (χ4v) is 3.01. The molecular weight excluding hydrogens is 388 g/mol. The molecule has 2 aromatic heterocycles. The fraction of sp³-hybridized carbons (Fsp3) is 0. The summed E-state index contributed by atoms with van der Waals surface area (Å²) in [6.07, 6.45) is 3.85. The number of hydrogen-bond donors (Lipinski definition) is 3. The zero-order chi connectivity index (χ0) is 21.3. The molecule has 4 aromatic rings. The molecule has 8 nitrogen and oxygen atoms in total. The molecule has 0 aliphatic heterocycles. The minimum atomic E-state index is -0.852. The molecule has 2 aromatic carbocycles. The Morgan fingerprint density at radius 3 is 1.97 bits per heavy atom. The Kier molecular flexibility index (Phi) is 4.83. The summed E-state index contributed by atoms with van der Waals surface area (Å²) < 4.78 is 10.4. The van der Waals surface area contributed by atoms with Gasteiger partial charge in [-0.25, -0.2) is 10.9 Å². The van der Waals surface area contributed by atoms with Gasteiger partial charge in [0.15, 0.2) is 0 Å². The third kappa shape index (κ3) is 3.43. The van der Waals surface area contributed by atoms with E-state index in [0.29, 0.717) is 27.3 Å². The molecule has 0 fully saturated rings. The number of carbonyl (C=O) groups is 2. The molecule has 0 saturated carbocycles. The molecule has 0 bridgehead atoms. The normalized spacial score (nSPS) is 10.7. The third-order valence-electron chi connectivity index (χ3n) is 4.53. The van der Waals surface area contributed by atoms with E-state index in [1.54, 1.807) is 24.3 Å². The van der Waals surface area contributed by atoms with E-state index in [4.69, 9.17) is 14.7 Å². The van der Waals surface area contributed by atoms with Crippen LogP contribution in [0, 0.1) is 0 Å². The van der Waals surface area contributed by atoms with Gasteiger partial charge in [-0.15, -0.1) is 0 Å². The number of nitrogens with zero attached hydrogens (tertiary/aromatic N) is 1. The van der Waals surface area contributed by atoms with Gasteiger partial charge in [0.05, 0.1) is 18.1 Å². The van der Waals surface area contributed by atoms with Gasteiger partial charge in [0, 0.05) is 11.1 Å². The van der Waals surface area contributed by atoms with Crippen LogP contribution < -0.4 is 5.84 Å². The van der Waals surface area contributed by atoms with E-state index in [1.165, 1.54) is 49.1 Å². The van der Waals surface area contributed by atoms with Gasteiger partial charge in [-0.05, 0) is 41.5 Å². The first-order valence-electron chi connectivity index (χ1n) is 8.81. The number of phenolic OH excluding ortho intramolecular Hbond substituents is 2. The maximum Gasteiger partial charge on any atom is 0.311 e. The average Bonchev–Trinajstić information content (AvgIpc) is 3.44. The summed E-state index contributed by atoms with van der Waals surface area (Å²) in [5.41, 5.74) is 2.29. The molecule has 150 valence electrons. The highest BCUT2D eigenvalue weighted by molar-refractivity contribution is 6.12. The number of nitrogens with two attached hydrogens (primary N) is 1. The molecule has 4 N–H and O–H groups in total. The van der Waals surface area contributed by atoms with Crippen LogP contribution in [0.2, 0.25) is 0 Å². The Morgan fingerprint density at radius 2 is 1.40 bits per heavy atom. The number of phenols is 2. The van der Waals surface area contributed by atoms with Crippen LogP contribution in [0.5, 0.6) is 11.5 Å². The van der Waals surface area contributed by atoms with Crippen molar-refractivity contribution in [2.75, 3.05) is 0 Å². The van der Waals surface area contributed by atoms with Crippen LogP contribution >= 0.6 is 0 Å². The minimum Gasteiger partial charge on any atom is -0.508 e. The zero-order valence-corrected chi connectivity index (χ0v) is 15.5. The highest BCUT2D eigenvalue weighted by Gasteiger charge is 2.29. The van der Waals surface area contributed by atoms with Crippen molar-refractivity contribution in [2.45, 2.75) is 0 Å². The lowest BCUT2D eigenvalue weighted by atomic mass is 9.96. The van der Waals surface area contributed by atoms with Crippen molar-refractivity contribution in [3.63, 3.8) is 0 Å². The van der Waals surface area contributed by atoms with Crippen molar-refractivity contribution in [3.8, 4) is 33.8 Å². The summed E-state index contributed by atoms with van der Waals surface area (Å²) in [5, 5.41) is 19.6. The third-order valence-corrected chi connectivity index (χ3v) is 4.53. The minimum absolute atomic E-state index is 0.0527. The second kappa shape index (κ2) is 7.61. The second-order valence-corrected chi connectivity index (χ2v) is 6.44. The molecule has 30 heavy (non-hydrogen) atoms. The Hall–Kier alpha value is -4.30. The van der Waals surface area contributed by atoms with Gasteiger partial charge in [-0.3, -0.25) is 9.59 Å². The van der Waals surface area contributed by atoms with Crippen molar-refractivity contribution in [1.82, 2.24) is 5.01 Å². The summed E-state index contributed by atoms with van der Waals surface area (Å²) in [5.74, 6) is 4.16. The lowest BCUT2D eigenvalue weighted by Crippen LogP contribution is -2.42. The first-order valence-corrected chi connectivity index (χ1v) is 8.81. The first kappa shape index (κ1) is 19.0. The van der Waals surface area contributed by atoms with Gasteiger partial charge in [-0.2, -0.15) is 0 Å². The van der Waals surface area contributed by atoms with Crippen molar-refractivity contribution in [3.05, 3.63) is 84.7 Å². The van der Waals surface area contributed by atoms with Crippen LogP contribution in [0.3, 0.4) is 0 Å². The van der Waals surface area contributed by atoms with Gasteiger partial charge >= 0.3 is 5.91 Å². The topological polar surface area (TPSA) is 130 Å². The molecule has 0 atom stereocenters. The lowest BCUT2D eigenvalue weighted by molar-refractivity contribution is 0.0596. The quantitative estimate of drug-likeness (QED) is 0.204. The summed E-state index contributed by atoms with van der Waals surface area (Å²) in [4.78, 5) is 25.5. The van der Waals surface area contributed by atoms with Crippen LogP contribution in [0.1, 0.15) is 20.9 Å². The van der Waals surface area contributed by atoms with Crippen LogP contribution in [-0.2, 0) is 0 Å². The molecule has 8 heteroatoms. The summed E-state index contributed by atoms with van der Waals surface area (Å²) >= 11 is 0. The van der Waals surface area contributed by atoms with Gasteiger partial charge in [0.1, 0.15) is 17.8 Å². The molecule has 0 spiro atoms. The molecule has 0 aliphatic rings. The van der Waals surface area contributed by atoms with Gasteiger partial charge in [-0.1, -0.05) is 24.3 Å². The number of carbonyl (C=O) groups excluding carboxylic acids is 2. The standard InChI is InChI=1S/C22H16N2O6/c23-24(21(27)15-9-10-29-11-15)22(28)20-19(14-3-7-17(26)8-4-14)18(12-30-20)13-1-5-16(25)6-2-13/h1-12,25-26H,23H2. The van der Waals surface area contributed by atoms with E-state index in [9.17, 15) is 19.8 Å². The molecule has 2 amide bonds. The molecule has 2 heterocycles. The predicted molar refractivity (Wildman–Crippen MR) is 106 cm³/mol. The smallest absolute Gasteiger partial charge is 0.311 e. The van der Waals surface area contributed by atoms with Crippen LogP contribution in [0.4, 0.5) is 0 Å². The average molecular weight is 404 g/mol. The summed E-state index contributed by atoms with van der Waals surface area (Å²) in [6.45, 7) is 0. The Labute approximate surface area is 170 Å². The Morgan fingerprint density at radius 1 is 0.800 bits per heavy atom. The highest BCUT2D eigenvalue weighted by Crippen LogP contribution is 2.38. The molecular formula is C22H16N2O6. The predicted octanol–water partition coefficient (Wildman–Crippen LogP) is 3.77. The number of hydrogen-bond acceptors (Lipinski definition) is 7. The summed E-state index contributed by atoms with van der Waals surface area (Å²) in [6, 6.07) is 13.9. The first-order chi connectivity index (χ1) is 14.5. The number of hydrazine groups is 1. The van der Waals surface area contributed by atoms with E-state index < -0.39 is 11.8 Å². The number of furan rings is 2. The van der Waals surface area contributed by atoms with Crippen LogP contribution in [0.25, 0.3) is 22.3 Å². The zero-order valence-electron chi connectivity index (χ0n) is 15.5. The van der Waals surface area contributed by atoms with E-state index in [2.05, 4.69) is 0 Å². The fourth-order valence-electron chi connectivity index (χ4n) is 3.01. The number of rotatable bonds is 4. The van der Waals surface area contributed by atoms with E-state index in [1.807, 2.05) is 0 Å². The van der Waals surface area contributed by atoms with Crippen molar-refractivity contribution >= 4 is 11.8 Å². The summed E-state index contributed by atoms with van der Waals surface area (Å²) in [7, 11) is 0. The van der Waals surface area contributed by atoms with E-state index >= 15 is 0 Å². The van der Waals surface area contributed by atoms with Crippen LogP contribution in [-0.4, -0.2) is 27.0 Å². The molecule has 4 rings (SSSR count). The van der Waals surface area contributed by atoms with E-state index in [0.717, 1.165) is 0 Å². The molecule has 0 radical (unpaired) electrons. The number of benzene rings is 2. The maximum absolute atomic E-state index is 13.0. The highest BCUT2D eigenvalue weighted by atomic mass is 16.3. The Balaban J connectivity index is 1.81. The largest absolute Gasteiger partial charge is 0.508 e. The maximum atomic E-state index is 13.0. The number of imide groups is 1. The van der Waals surface area contributed by atoms with Gasteiger partial charge in [0.25, 0.3) is 5.91 Å².